The molecule has 7 heteroatoms. The average molecular weight is 286 g/mol. The molecule has 0 unspecified atom stereocenters. The van der Waals surface area contributed by atoms with Crippen LogP contribution in [0.1, 0.15) is 32.6 Å². The number of nitrogens with one attached hydrogen (secondary N) is 1. The molecule has 1 aliphatic carbocycles. The standard InChI is InChI=1S/C13H22N2O5/c1-3-15(8-11(18)20-2)12(19)14-9-13(5-4-6-13)7-10(16)17/h3-9H2,1-2H3,(H,14,19)(H,16,17). The summed E-state index contributed by atoms with van der Waals surface area (Å²) in [5, 5.41) is 11.6. The van der Waals surface area contributed by atoms with Gasteiger partial charge in [-0.1, -0.05) is 6.42 Å². The van der Waals surface area contributed by atoms with Crippen LogP contribution in [0.2, 0.25) is 0 Å². The normalized spacial score (nSPS) is 15.9. The Morgan fingerprint density at radius 1 is 1.35 bits per heavy atom. The van der Waals surface area contributed by atoms with Gasteiger partial charge in [0.1, 0.15) is 6.54 Å². The Kier molecular flexibility index (Phi) is 5.79. The van der Waals surface area contributed by atoms with Gasteiger partial charge in [0.05, 0.1) is 13.5 Å². The zero-order valence-electron chi connectivity index (χ0n) is 12.0. The van der Waals surface area contributed by atoms with E-state index in [0.29, 0.717) is 13.1 Å². The van der Waals surface area contributed by atoms with Crippen LogP contribution in [0.4, 0.5) is 4.79 Å². The van der Waals surface area contributed by atoms with Crippen molar-refractivity contribution in [2.24, 2.45) is 5.41 Å². The number of nitrogens with zero attached hydrogens (tertiary/aromatic N) is 1. The maximum atomic E-state index is 12.0. The van der Waals surface area contributed by atoms with Crippen LogP contribution in [0.3, 0.4) is 0 Å². The average Bonchev–Trinajstić information content (AvgIpc) is 2.37. The number of methoxy groups -OCH3 is 1. The van der Waals surface area contributed by atoms with Gasteiger partial charge in [0.15, 0.2) is 0 Å². The summed E-state index contributed by atoms with van der Waals surface area (Å²) in [7, 11) is 1.27. The number of hydrogen-bond donors (Lipinski definition) is 2. The number of carboxylic acids is 1. The highest BCUT2D eigenvalue weighted by molar-refractivity contribution is 5.81. The number of amides is 2. The van der Waals surface area contributed by atoms with Crippen molar-refractivity contribution >= 4 is 18.0 Å². The van der Waals surface area contributed by atoms with Gasteiger partial charge in [0, 0.05) is 13.1 Å². The first-order chi connectivity index (χ1) is 9.42. The number of ether oxygens (including phenoxy) is 1. The van der Waals surface area contributed by atoms with Gasteiger partial charge < -0.3 is 20.1 Å². The Morgan fingerprint density at radius 3 is 2.40 bits per heavy atom. The predicted octanol–water partition coefficient (Wildman–Crippen LogP) is 0.836. The first-order valence-corrected chi connectivity index (χ1v) is 6.74. The zero-order chi connectivity index (χ0) is 15.2. The van der Waals surface area contributed by atoms with Crippen LogP contribution in [-0.4, -0.2) is 54.7 Å². The van der Waals surface area contributed by atoms with Crippen LogP contribution in [-0.2, 0) is 14.3 Å². The second-order valence-corrected chi connectivity index (χ2v) is 5.17. The molecular weight excluding hydrogens is 264 g/mol. The van der Waals surface area contributed by atoms with Gasteiger partial charge in [-0.15, -0.1) is 0 Å². The highest BCUT2D eigenvalue weighted by Gasteiger charge is 2.39. The van der Waals surface area contributed by atoms with Gasteiger partial charge in [-0.3, -0.25) is 9.59 Å². The number of aliphatic carboxylic acids is 1. The molecule has 2 N–H and O–H groups in total. The van der Waals surface area contributed by atoms with E-state index in [0.717, 1.165) is 19.3 Å². The van der Waals surface area contributed by atoms with Crippen molar-refractivity contribution < 1.29 is 24.2 Å². The highest BCUT2D eigenvalue weighted by atomic mass is 16.5. The molecule has 2 amide bonds. The fourth-order valence-corrected chi connectivity index (χ4v) is 2.34. The van der Waals surface area contributed by atoms with Crippen molar-refractivity contribution in [3.05, 3.63) is 0 Å². The van der Waals surface area contributed by atoms with E-state index < -0.39 is 11.9 Å². The summed E-state index contributed by atoms with van der Waals surface area (Å²) >= 11 is 0. The summed E-state index contributed by atoms with van der Waals surface area (Å²) < 4.78 is 4.52. The Bertz CT molecular complexity index is 379. The van der Waals surface area contributed by atoms with Crippen LogP contribution >= 0.6 is 0 Å². The first-order valence-electron chi connectivity index (χ1n) is 6.74. The number of esters is 1. The summed E-state index contributed by atoms with van der Waals surface area (Å²) in [5.74, 6) is -1.33. The third kappa shape index (κ3) is 4.40. The third-order valence-electron chi connectivity index (χ3n) is 3.77. The molecule has 0 atom stereocenters. The molecule has 0 aromatic carbocycles. The van der Waals surface area contributed by atoms with Gasteiger partial charge in [0.2, 0.25) is 0 Å². The SMILES string of the molecule is CCN(CC(=O)OC)C(=O)NCC1(CC(=O)O)CCC1. The molecule has 0 aliphatic heterocycles. The van der Waals surface area contributed by atoms with E-state index in [9.17, 15) is 14.4 Å². The zero-order valence-corrected chi connectivity index (χ0v) is 12.0. The number of carboxylic acid groups (broad SMARTS) is 1. The van der Waals surface area contributed by atoms with Crippen LogP contribution in [0.25, 0.3) is 0 Å². The molecule has 1 saturated carbocycles. The summed E-state index contributed by atoms with van der Waals surface area (Å²) in [6.45, 7) is 2.37. The van der Waals surface area contributed by atoms with E-state index in [2.05, 4.69) is 10.1 Å². The lowest BCUT2D eigenvalue weighted by Gasteiger charge is -2.41. The van der Waals surface area contributed by atoms with E-state index in [-0.39, 0.29) is 24.4 Å². The highest BCUT2D eigenvalue weighted by Crippen LogP contribution is 2.43. The van der Waals surface area contributed by atoms with Crippen LogP contribution < -0.4 is 5.32 Å². The first kappa shape index (κ1) is 16.3. The van der Waals surface area contributed by atoms with Gasteiger partial charge >= 0.3 is 18.0 Å². The van der Waals surface area contributed by atoms with Gasteiger partial charge in [-0.05, 0) is 25.2 Å². The fourth-order valence-electron chi connectivity index (χ4n) is 2.34. The molecule has 114 valence electrons. The van der Waals surface area contributed by atoms with Crippen molar-refractivity contribution in [2.45, 2.75) is 32.6 Å². The van der Waals surface area contributed by atoms with E-state index >= 15 is 0 Å². The Hall–Kier alpha value is -1.79. The number of likely N-dealkylation sites (N-methyl/N-ethyl adjacent to an activating group) is 1. The molecule has 0 saturated heterocycles. The fraction of sp³-hybridized carbons (Fsp3) is 0.769. The molecule has 7 nitrogen and oxygen atoms in total. The molecule has 0 spiro atoms. The lowest BCUT2D eigenvalue weighted by Crippen LogP contribution is -2.49. The van der Waals surface area contributed by atoms with Crippen molar-refractivity contribution in [1.29, 1.82) is 0 Å². The smallest absolute Gasteiger partial charge is 0.325 e. The predicted molar refractivity (Wildman–Crippen MR) is 71.2 cm³/mol. The summed E-state index contributed by atoms with van der Waals surface area (Å²) in [5.41, 5.74) is -0.327. The van der Waals surface area contributed by atoms with E-state index in [1.807, 2.05) is 0 Å². The van der Waals surface area contributed by atoms with E-state index in [4.69, 9.17) is 5.11 Å². The van der Waals surface area contributed by atoms with Gasteiger partial charge in [0.25, 0.3) is 0 Å². The molecule has 1 rings (SSSR count). The molecule has 1 aliphatic rings. The minimum atomic E-state index is -0.846. The molecular formula is C13H22N2O5. The Morgan fingerprint density at radius 2 is 2.00 bits per heavy atom. The topological polar surface area (TPSA) is 95.9 Å². The van der Waals surface area contributed by atoms with E-state index in [1.165, 1.54) is 12.0 Å². The molecule has 0 aromatic heterocycles. The van der Waals surface area contributed by atoms with Crippen LogP contribution in [0, 0.1) is 5.41 Å². The molecule has 0 radical (unpaired) electrons. The number of carbonyl (C=O) groups excluding carboxylic acids is 2. The molecule has 0 aromatic rings. The van der Waals surface area contributed by atoms with Crippen molar-refractivity contribution in [3.8, 4) is 0 Å². The molecule has 0 heterocycles. The monoisotopic (exact) mass is 286 g/mol. The van der Waals surface area contributed by atoms with Gasteiger partial charge in [-0.25, -0.2) is 4.79 Å². The Labute approximate surface area is 118 Å². The van der Waals surface area contributed by atoms with E-state index in [1.54, 1.807) is 6.92 Å². The summed E-state index contributed by atoms with van der Waals surface area (Å²) in [4.78, 5) is 35.3. The largest absolute Gasteiger partial charge is 0.481 e. The molecule has 20 heavy (non-hydrogen) atoms. The maximum absolute atomic E-state index is 12.0. The number of rotatable bonds is 7. The molecule has 1 fully saturated rings. The maximum Gasteiger partial charge on any atom is 0.325 e. The van der Waals surface area contributed by atoms with Crippen molar-refractivity contribution in [3.63, 3.8) is 0 Å². The second-order valence-electron chi connectivity index (χ2n) is 5.17. The van der Waals surface area contributed by atoms with Crippen molar-refractivity contribution in [1.82, 2.24) is 10.2 Å². The van der Waals surface area contributed by atoms with Crippen molar-refractivity contribution in [2.75, 3.05) is 26.7 Å². The van der Waals surface area contributed by atoms with Crippen LogP contribution in [0.15, 0.2) is 0 Å². The Balaban J connectivity index is 2.47. The minimum Gasteiger partial charge on any atom is -0.481 e. The lowest BCUT2D eigenvalue weighted by molar-refractivity contribution is -0.141. The summed E-state index contributed by atoms with van der Waals surface area (Å²) in [6, 6.07) is -0.366. The van der Waals surface area contributed by atoms with Crippen LogP contribution in [0.5, 0.6) is 0 Å². The third-order valence-corrected chi connectivity index (χ3v) is 3.77. The minimum absolute atomic E-state index is 0.0659. The number of hydrogen-bond acceptors (Lipinski definition) is 4. The quantitative estimate of drug-likeness (QED) is 0.676. The number of carbonyl (C=O) groups is 3. The summed E-state index contributed by atoms with van der Waals surface area (Å²) in [6.07, 6.45) is 2.67. The molecule has 0 bridgehead atoms. The number of urea groups is 1. The second kappa shape index (κ2) is 7.12. The lowest BCUT2D eigenvalue weighted by atomic mass is 9.66. The van der Waals surface area contributed by atoms with Gasteiger partial charge in [-0.2, -0.15) is 0 Å².